The molecule has 1 atom stereocenters. The Kier molecular flexibility index (Phi) is 5.31. The van der Waals surface area contributed by atoms with Crippen LogP contribution in [0.4, 0.5) is 0 Å². The van der Waals surface area contributed by atoms with E-state index >= 15 is 0 Å². The molecule has 1 aromatic rings. The van der Waals surface area contributed by atoms with Crippen LogP contribution in [0.1, 0.15) is 12.0 Å². The fourth-order valence-electron chi connectivity index (χ4n) is 2.23. The van der Waals surface area contributed by atoms with Crippen molar-refractivity contribution in [2.45, 2.75) is 18.9 Å². The van der Waals surface area contributed by atoms with Gasteiger partial charge in [-0.05, 0) is 17.7 Å². The number of benzene rings is 1. The van der Waals surface area contributed by atoms with Crippen LogP contribution in [0.25, 0.3) is 0 Å². The van der Waals surface area contributed by atoms with Crippen molar-refractivity contribution in [2.24, 2.45) is 0 Å². The van der Waals surface area contributed by atoms with Crippen molar-refractivity contribution in [1.82, 2.24) is 4.90 Å². The molecule has 2 rings (SSSR count). The summed E-state index contributed by atoms with van der Waals surface area (Å²) in [5.74, 6) is 0.682. The number of aliphatic carboxylic acids is 1. The van der Waals surface area contributed by atoms with E-state index in [0.29, 0.717) is 17.3 Å². The lowest BCUT2D eigenvalue weighted by molar-refractivity contribution is -0.140. The van der Waals surface area contributed by atoms with Gasteiger partial charge in [-0.15, -0.1) is 0 Å². The maximum Gasteiger partial charge on any atom is 0.305 e. The smallest absolute Gasteiger partial charge is 0.305 e. The molecule has 108 valence electrons. The summed E-state index contributed by atoms with van der Waals surface area (Å²) in [6, 6.07) is 6.96. The lowest BCUT2D eigenvalue weighted by Crippen LogP contribution is -2.47. The third-order valence-corrected chi connectivity index (χ3v) is 4.57. The quantitative estimate of drug-likeness (QED) is 0.926. The first-order valence-electron chi connectivity index (χ1n) is 6.39. The van der Waals surface area contributed by atoms with Crippen molar-refractivity contribution in [3.8, 4) is 0 Å². The second kappa shape index (κ2) is 6.99. The van der Waals surface area contributed by atoms with Gasteiger partial charge in [0.1, 0.15) is 0 Å². The molecule has 4 nitrogen and oxygen atoms in total. The highest BCUT2D eigenvalue weighted by atomic mass is 35.5. The third kappa shape index (κ3) is 4.15. The largest absolute Gasteiger partial charge is 0.481 e. The minimum absolute atomic E-state index is 0.0133. The van der Waals surface area contributed by atoms with Gasteiger partial charge < -0.3 is 10.0 Å². The van der Waals surface area contributed by atoms with E-state index in [0.717, 1.165) is 11.3 Å². The molecule has 0 saturated carbocycles. The highest BCUT2D eigenvalue weighted by Gasteiger charge is 2.28. The van der Waals surface area contributed by atoms with Crippen LogP contribution in [-0.4, -0.2) is 46.0 Å². The van der Waals surface area contributed by atoms with Gasteiger partial charge >= 0.3 is 5.97 Å². The van der Waals surface area contributed by atoms with Crippen molar-refractivity contribution >= 4 is 35.2 Å². The molecule has 1 amide bonds. The number of thioether (sulfide) groups is 1. The lowest BCUT2D eigenvalue weighted by atomic mass is 10.1. The van der Waals surface area contributed by atoms with E-state index < -0.39 is 5.97 Å². The standard InChI is InChI=1S/C14H16ClNO3S/c15-11-3-1-10(2-4-11)7-13(17)16-5-6-20-9-12(16)8-14(18)19/h1-4,12H,5-9H2,(H,18,19). The third-order valence-electron chi connectivity index (χ3n) is 3.23. The zero-order chi connectivity index (χ0) is 14.5. The maximum absolute atomic E-state index is 12.3. The second-order valence-electron chi connectivity index (χ2n) is 4.72. The molecule has 1 aliphatic heterocycles. The Bertz CT molecular complexity index is 492. The lowest BCUT2D eigenvalue weighted by Gasteiger charge is -2.34. The Morgan fingerprint density at radius 1 is 1.35 bits per heavy atom. The topological polar surface area (TPSA) is 57.6 Å². The number of carboxylic acid groups (broad SMARTS) is 1. The van der Waals surface area contributed by atoms with Crippen molar-refractivity contribution in [1.29, 1.82) is 0 Å². The zero-order valence-electron chi connectivity index (χ0n) is 10.9. The number of halogens is 1. The van der Waals surface area contributed by atoms with Crippen LogP contribution in [0.5, 0.6) is 0 Å². The van der Waals surface area contributed by atoms with E-state index in [1.165, 1.54) is 0 Å². The van der Waals surface area contributed by atoms with Gasteiger partial charge in [0.15, 0.2) is 0 Å². The fourth-order valence-corrected chi connectivity index (χ4v) is 3.42. The molecule has 1 aromatic carbocycles. The molecule has 1 fully saturated rings. The molecule has 1 saturated heterocycles. The van der Waals surface area contributed by atoms with Gasteiger partial charge in [-0.1, -0.05) is 23.7 Å². The molecule has 0 radical (unpaired) electrons. The maximum atomic E-state index is 12.3. The molecular weight excluding hydrogens is 298 g/mol. The molecule has 20 heavy (non-hydrogen) atoms. The number of amides is 1. The summed E-state index contributed by atoms with van der Waals surface area (Å²) in [5.41, 5.74) is 0.895. The van der Waals surface area contributed by atoms with Crippen molar-refractivity contribution in [2.75, 3.05) is 18.1 Å². The van der Waals surface area contributed by atoms with Crippen LogP contribution in [0.3, 0.4) is 0 Å². The van der Waals surface area contributed by atoms with E-state index in [-0.39, 0.29) is 24.8 Å². The number of rotatable bonds is 4. The van der Waals surface area contributed by atoms with Crippen molar-refractivity contribution in [3.05, 3.63) is 34.9 Å². The van der Waals surface area contributed by atoms with Gasteiger partial charge in [-0.25, -0.2) is 0 Å². The fraction of sp³-hybridized carbons (Fsp3) is 0.429. The van der Waals surface area contributed by atoms with Gasteiger partial charge in [0, 0.05) is 23.1 Å². The highest BCUT2D eigenvalue weighted by molar-refractivity contribution is 7.99. The molecule has 0 aromatic heterocycles. The van der Waals surface area contributed by atoms with E-state index in [1.807, 2.05) is 12.1 Å². The number of nitrogens with zero attached hydrogens (tertiary/aromatic N) is 1. The summed E-state index contributed by atoms with van der Waals surface area (Å²) in [4.78, 5) is 24.9. The molecular formula is C14H16ClNO3S. The van der Waals surface area contributed by atoms with E-state index in [9.17, 15) is 9.59 Å². The Balaban J connectivity index is 2.01. The SMILES string of the molecule is O=C(O)CC1CSCCN1C(=O)Cc1ccc(Cl)cc1. The average Bonchev–Trinajstić information content (AvgIpc) is 2.41. The summed E-state index contributed by atoms with van der Waals surface area (Å²) in [6.45, 7) is 0.620. The van der Waals surface area contributed by atoms with Gasteiger partial charge in [-0.2, -0.15) is 11.8 Å². The second-order valence-corrected chi connectivity index (χ2v) is 6.30. The molecule has 6 heteroatoms. The van der Waals surface area contributed by atoms with Crippen LogP contribution in [-0.2, 0) is 16.0 Å². The Morgan fingerprint density at radius 3 is 2.70 bits per heavy atom. The van der Waals surface area contributed by atoms with Crippen LogP contribution >= 0.6 is 23.4 Å². The Morgan fingerprint density at radius 2 is 2.05 bits per heavy atom. The Labute approximate surface area is 127 Å². The predicted molar refractivity (Wildman–Crippen MR) is 80.2 cm³/mol. The molecule has 0 spiro atoms. The van der Waals surface area contributed by atoms with E-state index in [2.05, 4.69) is 0 Å². The summed E-state index contributed by atoms with van der Waals surface area (Å²) < 4.78 is 0. The van der Waals surface area contributed by atoms with E-state index in [1.54, 1.807) is 28.8 Å². The molecule has 1 aliphatic rings. The van der Waals surface area contributed by atoms with Crippen LogP contribution in [0, 0.1) is 0 Å². The van der Waals surface area contributed by atoms with E-state index in [4.69, 9.17) is 16.7 Å². The Hall–Kier alpha value is -1.20. The first-order chi connectivity index (χ1) is 9.56. The number of hydrogen-bond acceptors (Lipinski definition) is 3. The van der Waals surface area contributed by atoms with Gasteiger partial charge in [0.2, 0.25) is 5.91 Å². The minimum atomic E-state index is -0.859. The van der Waals surface area contributed by atoms with Gasteiger partial charge in [-0.3, -0.25) is 9.59 Å². The first-order valence-corrected chi connectivity index (χ1v) is 7.93. The molecule has 1 heterocycles. The normalized spacial score (nSPS) is 18.9. The van der Waals surface area contributed by atoms with Crippen molar-refractivity contribution in [3.63, 3.8) is 0 Å². The molecule has 0 aliphatic carbocycles. The minimum Gasteiger partial charge on any atom is -0.481 e. The van der Waals surface area contributed by atoms with Crippen LogP contribution in [0.15, 0.2) is 24.3 Å². The summed E-state index contributed by atoms with van der Waals surface area (Å²) in [6.07, 6.45) is 0.303. The van der Waals surface area contributed by atoms with Gasteiger partial charge in [0.25, 0.3) is 0 Å². The molecule has 0 bridgehead atoms. The van der Waals surface area contributed by atoms with Crippen LogP contribution in [0.2, 0.25) is 5.02 Å². The summed E-state index contributed by atoms with van der Waals surface area (Å²) >= 11 is 7.51. The average molecular weight is 314 g/mol. The van der Waals surface area contributed by atoms with Crippen molar-refractivity contribution < 1.29 is 14.7 Å². The monoisotopic (exact) mass is 313 g/mol. The van der Waals surface area contributed by atoms with Gasteiger partial charge in [0.05, 0.1) is 18.9 Å². The highest BCUT2D eigenvalue weighted by Crippen LogP contribution is 2.20. The number of carbonyl (C=O) groups excluding carboxylic acids is 1. The van der Waals surface area contributed by atoms with Crippen LogP contribution < -0.4 is 0 Å². The number of carbonyl (C=O) groups is 2. The summed E-state index contributed by atoms with van der Waals surface area (Å²) in [7, 11) is 0. The zero-order valence-corrected chi connectivity index (χ0v) is 12.5. The first kappa shape index (κ1) is 15.2. The predicted octanol–water partition coefficient (Wildman–Crippen LogP) is 2.30. The number of carboxylic acids is 1. The summed E-state index contributed by atoms with van der Waals surface area (Å²) in [5, 5.41) is 9.56. The molecule has 1 unspecified atom stereocenters. The molecule has 1 N–H and O–H groups in total. The number of hydrogen-bond donors (Lipinski definition) is 1.